The van der Waals surface area contributed by atoms with E-state index in [4.69, 9.17) is 16.3 Å². The van der Waals surface area contributed by atoms with Crippen molar-refractivity contribution in [2.75, 3.05) is 39.5 Å². The van der Waals surface area contributed by atoms with E-state index in [1.54, 1.807) is 28.8 Å². The van der Waals surface area contributed by atoms with E-state index in [0.29, 0.717) is 28.7 Å². The van der Waals surface area contributed by atoms with Crippen molar-refractivity contribution < 1.29 is 17.9 Å². The zero-order chi connectivity index (χ0) is 19.6. The Morgan fingerprint density at radius 2 is 1.89 bits per heavy atom. The van der Waals surface area contributed by atoms with Gasteiger partial charge in [-0.3, -0.25) is 4.79 Å². The van der Waals surface area contributed by atoms with Crippen LogP contribution < -0.4 is 4.74 Å². The van der Waals surface area contributed by atoms with Crippen LogP contribution in [0, 0.1) is 0 Å². The Kier molecular flexibility index (Phi) is 6.37. The van der Waals surface area contributed by atoms with Crippen molar-refractivity contribution in [3.05, 3.63) is 40.2 Å². The molecule has 0 aliphatic carbocycles. The second-order valence-corrected chi connectivity index (χ2v) is 10.6. The molecule has 1 fully saturated rings. The molecule has 2 aromatic rings. The molecule has 27 heavy (non-hydrogen) atoms. The third-order valence-electron chi connectivity index (χ3n) is 4.31. The lowest BCUT2D eigenvalue weighted by Crippen LogP contribution is -2.50. The first-order valence-electron chi connectivity index (χ1n) is 8.13. The molecule has 1 aliphatic heterocycles. The van der Waals surface area contributed by atoms with Crippen LogP contribution in [-0.4, -0.2) is 63.1 Å². The lowest BCUT2D eigenvalue weighted by atomic mass is 10.1. The number of carbonyl (C=O) groups is 1. The number of sulfonamides is 1. The Balaban J connectivity index is 1.71. The van der Waals surface area contributed by atoms with Gasteiger partial charge in [0.2, 0.25) is 0 Å². The summed E-state index contributed by atoms with van der Waals surface area (Å²) < 4.78 is 32.8. The number of piperazine rings is 1. The predicted octanol–water partition coefficient (Wildman–Crippen LogP) is 3.28. The van der Waals surface area contributed by atoms with Gasteiger partial charge in [0.1, 0.15) is 9.96 Å². The van der Waals surface area contributed by atoms with Crippen molar-refractivity contribution in [2.24, 2.45) is 0 Å². The van der Waals surface area contributed by atoms with Gasteiger partial charge in [-0.25, -0.2) is 8.42 Å². The fourth-order valence-corrected chi connectivity index (χ4v) is 6.33. The Morgan fingerprint density at radius 3 is 2.44 bits per heavy atom. The number of thiophene rings is 1. The largest absolute Gasteiger partial charge is 0.496 e. The van der Waals surface area contributed by atoms with Crippen molar-refractivity contribution >= 4 is 50.6 Å². The van der Waals surface area contributed by atoms with E-state index in [9.17, 15) is 13.2 Å². The van der Waals surface area contributed by atoms with E-state index in [1.165, 1.54) is 17.5 Å². The smallest absolute Gasteiger partial charge is 0.257 e. The Labute approximate surface area is 172 Å². The van der Waals surface area contributed by atoms with Gasteiger partial charge in [0.25, 0.3) is 15.9 Å². The van der Waals surface area contributed by atoms with Gasteiger partial charge in [0, 0.05) is 31.1 Å². The molecule has 0 radical (unpaired) electrons. The van der Waals surface area contributed by atoms with Crippen LogP contribution in [0.4, 0.5) is 0 Å². The maximum atomic E-state index is 12.9. The van der Waals surface area contributed by atoms with Crippen LogP contribution in [0.25, 0.3) is 0 Å². The average Bonchev–Trinajstić information content (AvgIpc) is 3.14. The summed E-state index contributed by atoms with van der Waals surface area (Å²) in [4.78, 5) is 15.5. The molecule has 146 valence electrons. The van der Waals surface area contributed by atoms with Gasteiger partial charge < -0.3 is 9.64 Å². The molecule has 1 aliphatic rings. The number of benzene rings is 1. The Hall–Kier alpha value is -1.26. The predicted molar refractivity (Wildman–Crippen MR) is 109 cm³/mol. The number of hydrogen-bond acceptors (Lipinski definition) is 6. The molecule has 0 atom stereocenters. The minimum atomic E-state index is -3.57. The number of hydrogen-bond donors (Lipinski definition) is 0. The van der Waals surface area contributed by atoms with Crippen LogP contribution >= 0.6 is 34.7 Å². The molecule has 1 saturated heterocycles. The van der Waals surface area contributed by atoms with Crippen LogP contribution in [0.2, 0.25) is 4.34 Å². The summed E-state index contributed by atoms with van der Waals surface area (Å²) in [6.07, 6.45) is 1.96. The quantitative estimate of drug-likeness (QED) is 0.659. The van der Waals surface area contributed by atoms with Gasteiger partial charge in [-0.15, -0.1) is 23.1 Å². The summed E-state index contributed by atoms with van der Waals surface area (Å²) in [7, 11) is -2.04. The highest BCUT2D eigenvalue weighted by Gasteiger charge is 2.32. The molecule has 0 bridgehead atoms. The number of nitrogens with zero attached hydrogens (tertiary/aromatic N) is 2. The molecular weight excluding hydrogens is 428 g/mol. The number of ether oxygens (including phenoxy) is 1. The summed E-state index contributed by atoms with van der Waals surface area (Å²) in [5, 5.41) is 0. The van der Waals surface area contributed by atoms with Crippen molar-refractivity contribution in [3.63, 3.8) is 0 Å². The first-order chi connectivity index (χ1) is 12.9. The topological polar surface area (TPSA) is 66.9 Å². The van der Waals surface area contributed by atoms with Crippen molar-refractivity contribution in [2.45, 2.75) is 9.10 Å². The minimum absolute atomic E-state index is 0.157. The number of halogens is 1. The standard InChI is InChI=1S/C17H19ClN2O4S3/c1-24-14-11-12(25-2)3-4-13(14)17(21)19-7-9-20(10-8-19)27(22,23)16-6-5-15(18)26-16/h3-6,11H,7-10H2,1-2H3. The number of carbonyl (C=O) groups excluding carboxylic acids is 1. The lowest BCUT2D eigenvalue weighted by molar-refractivity contribution is 0.0694. The molecule has 1 aromatic heterocycles. The first kappa shape index (κ1) is 20.5. The van der Waals surface area contributed by atoms with E-state index >= 15 is 0 Å². The fourth-order valence-electron chi connectivity index (χ4n) is 2.84. The van der Waals surface area contributed by atoms with Crippen molar-refractivity contribution in [3.8, 4) is 5.75 Å². The summed E-state index contributed by atoms with van der Waals surface area (Å²) in [6.45, 7) is 1.14. The maximum absolute atomic E-state index is 12.9. The second-order valence-electron chi connectivity index (χ2n) is 5.82. The molecule has 6 nitrogen and oxygen atoms in total. The highest BCUT2D eigenvalue weighted by molar-refractivity contribution is 7.98. The van der Waals surface area contributed by atoms with Crippen LogP contribution in [0.15, 0.2) is 39.4 Å². The van der Waals surface area contributed by atoms with Crippen LogP contribution in [0.3, 0.4) is 0 Å². The van der Waals surface area contributed by atoms with Crippen LogP contribution in [0.5, 0.6) is 5.75 Å². The molecule has 10 heteroatoms. The zero-order valence-electron chi connectivity index (χ0n) is 14.8. The summed E-state index contributed by atoms with van der Waals surface area (Å²) in [5.41, 5.74) is 0.483. The van der Waals surface area contributed by atoms with Gasteiger partial charge in [-0.05, 0) is 36.6 Å². The van der Waals surface area contributed by atoms with Gasteiger partial charge in [0.15, 0.2) is 0 Å². The third kappa shape index (κ3) is 4.27. The molecule has 0 unspecified atom stereocenters. The highest BCUT2D eigenvalue weighted by atomic mass is 35.5. The molecule has 1 amide bonds. The third-order valence-corrected chi connectivity index (χ3v) is 8.63. The normalized spacial score (nSPS) is 15.7. The van der Waals surface area contributed by atoms with E-state index in [1.807, 2.05) is 18.4 Å². The number of thioether (sulfide) groups is 1. The zero-order valence-corrected chi connectivity index (χ0v) is 18.1. The molecule has 2 heterocycles. The maximum Gasteiger partial charge on any atom is 0.257 e. The summed E-state index contributed by atoms with van der Waals surface area (Å²) in [6, 6.07) is 8.55. The van der Waals surface area contributed by atoms with E-state index in [-0.39, 0.29) is 23.2 Å². The summed E-state index contributed by atoms with van der Waals surface area (Å²) >= 11 is 8.47. The fraction of sp³-hybridized carbons (Fsp3) is 0.353. The molecule has 3 rings (SSSR count). The minimum Gasteiger partial charge on any atom is -0.496 e. The van der Waals surface area contributed by atoms with Gasteiger partial charge in [-0.2, -0.15) is 4.31 Å². The second kappa shape index (κ2) is 8.40. The van der Waals surface area contributed by atoms with Gasteiger partial charge in [-0.1, -0.05) is 11.6 Å². The van der Waals surface area contributed by atoms with E-state index in [0.717, 1.165) is 16.2 Å². The molecule has 0 N–H and O–H groups in total. The Bertz CT molecular complexity index is 937. The van der Waals surface area contributed by atoms with E-state index in [2.05, 4.69) is 0 Å². The highest BCUT2D eigenvalue weighted by Crippen LogP contribution is 2.30. The summed E-state index contributed by atoms with van der Waals surface area (Å²) in [5.74, 6) is 0.367. The van der Waals surface area contributed by atoms with Gasteiger partial charge in [0.05, 0.1) is 17.0 Å². The SMILES string of the molecule is COc1cc(SC)ccc1C(=O)N1CCN(S(=O)(=O)c2ccc(Cl)s2)CC1. The lowest BCUT2D eigenvalue weighted by Gasteiger charge is -2.34. The molecular formula is C17H19ClN2O4S3. The number of methoxy groups -OCH3 is 1. The van der Waals surface area contributed by atoms with Gasteiger partial charge >= 0.3 is 0 Å². The first-order valence-corrected chi connectivity index (χ1v) is 12.0. The average molecular weight is 447 g/mol. The monoisotopic (exact) mass is 446 g/mol. The number of amides is 1. The molecule has 1 aromatic carbocycles. The molecule has 0 spiro atoms. The van der Waals surface area contributed by atoms with Crippen molar-refractivity contribution in [1.82, 2.24) is 9.21 Å². The van der Waals surface area contributed by atoms with Crippen molar-refractivity contribution in [1.29, 1.82) is 0 Å². The molecule has 0 saturated carbocycles. The van der Waals surface area contributed by atoms with Crippen LogP contribution in [0.1, 0.15) is 10.4 Å². The Morgan fingerprint density at radius 1 is 1.19 bits per heavy atom. The number of rotatable bonds is 5. The van der Waals surface area contributed by atoms with E-state index < -0.39 is 10.0 Å². The van der Waals surface area contributed by atoms with Crippen LogP contribution in [-0.2, 0) is 10.0 Å².